The SMILES string of the molecule is NC(=O)[C@@H]1CCN(Cc2ccc3nc(N)ccc3c2)C1=O. The highest BCUT2D eigenvalue weighted by atomic mass is 16.2. The fourth-order valence-electron chi connectivity index (χ4n) is 2.67. The zero-order valence-electron chi connectivity index (χ0n) is 11.5. The molecule has 1 aromatic carbocycles. The average molecular weight is 284 g/mol. The number of carbonyl (C=O) groups is 2. The number of aromatic nitrogens is 1. The second-order valence-electron chi connectivity index (χ2n) is 5.27. The normalized spacial score (nSPS) is 18.4. The van der Waals surface area contributed by atoms with Crippen molar-refractivity contribution >= 4 is 28.5 Å². The van der Waals surface area contributed by atoms with Crippen LogP contribution in [0.3, 0.4) is 0 Å². The summed E-state index contributed by atoms with van der Waals surface area (Å²) in [5, 5.41) is 0.972. The van der Waals surface area contributed by atoms with Crippen molar-refractivity contribution < 1.29 is 9.59 Å². The van der Waals surface area contributed by atoms with Crippen molar-refractivity contribution in [2.24, 2.45) is 11.7 Å². The Morgan fingerprint density at radius 3 is 2.86 bits per heavy atom. The number of primary amides is 1. The summed E-state index contributed by atoms with van der Waals surface area (Å²) >= 11 is 0. The molecule has 3 rings (SSSR count). The van der Waals surface area contributed by atoms with Crippen LogP contribution < -0.4 is 11.5 Å². The van der Waals surface area contributed by atoms with Gasteiger partial charge in [-0.3, -0.25) is 9.59 Å². The molecule has 0 saturated carbocycles. The summed E-state index contributed by atoms with van der Waals surface area (Å²) in [5.41, 5.74) is 12.7. The molecule has 2 aromatic rings. The number of anilines is 1. The molecule has 108 valence electrons. The molecule has 0 radical (unpaired) electrons. The largest absolute Gasteiger partial charge is 0.384 e. The van der Waals surface area contributed by atoms with Crippen molar-refractivity contribution in [2.75, 3.05) is 12.3 Å². The second-order valence-corrected chi connectivity index (χ2v) is 5.27. The lowest BCUT2D eigenvalue weighted by molar-refractivity contribution is -0.136. The summed E-state index contributed by atoms with van der Waals surface area (Å²) < 4.78 is 0. The number of pyridine rings is 1. The van der Waals surface area contributed by atoms with Crippen LogP contribution in [-0.4, -0.2) is 28.2 Å². The molecule has 0 bridgehead atoms. The van der Waals surface area contributed by atoms with Crippen LogP contribution >= 0.6 is 0 Å². The van der Waals surface area contributed by atoms with Crippen molar-refractivity contribution in [3.8, 4) is 0 Å². The Morgan fingerprint density at radius 2 is 2.14 bits per heavy atom. The molecule has 21 heavy (non-hydrogen) atoms. The lowest BCUT2D eigenvalue weighted by atomic mass is 10.1. The van der Waals surface area contributed by atoms with Crippen LogP contribution in [0.1, 0.15) is 12.0 Å². The number of nitrogens with zero attached hydrogens (tertiary/aromatic N) is 2. The number of nitrogens with two attached hydrogens (primary N) is 2. The first-order valence-corrected chi connectivity index (χ1v) is 6.78. The standard InChI is InChI=1S/C15H16N4O2/c16-13-4-2-10-7-9(1-3-12(10)18-13)8-19-6-5-11(14(17)20)15(19)21/h1-4,7,11H,5-6,8H2,(H2,16,18)(H2,17,20)/t11-/m0/s1. The number of rotatable bonds is 3. The molecule has 1 aliphatic rings. The number of benzene rings is 1. The zero-order chi connectivity index (χ0) is 15.0. The minimum atomic E-state index is -0.674. The Hall–Kier alpha value is -2.63. The summed E-state index contributed by atoms with van der Waals surface area (Å²) in [6.45, 7) is 1.04. The summed E-state index contributed by atoms with van der Waals surface area (Å²) in [7, 11) is 0. The molecule has 1 aromatic heterocycles. The van der Waals surface area contributed by atoms with Crippen LogP contribution in [0.2, 0.25) is 0 Å². The highest BCUT2D eigenvalue weighted by Crippen LogP contribution is 2.22. The lowest BCUT2D eigenvalue weighted by Crippen LogP contribution is -2.33. The first-order chi connectivity index (χ1) is 10.0. The fraction of sp³-hybridized carbons (Fsp3) is 0.267. The van der Waals surface area contributed by atoms with Crippen molar-refractivity contribution in [3.63, 3.8) is 0 Å². The maximum Gasteiger partial charge on any atom is 0.235 e. The van der Waals surface area contributed by atoms with E-state index in [-0.39, 0.29) is 5.91 Å². The number of fused-ring (bicyclic) bond motifs is 1. The molecule has 0 aliphatic carbocycles. The van der Waals surface area contributed by atoms with Crippen LogP contribution in [-0.2, 0) is 16.1 Å². The van der Waals surface area contributed by atoms with Crippen LogP contribution in [0.25, 0.3) is 10.9 Å². The van der Waals surface area contributed by atoms with E-state index in [9.17, 15) is 9.59 Å². The summed E-state index contributed by atoms with van der Waals surface area (Å²) in [4.78, 5) is 29.1. The number of hydrogen-bond donors (Lipinski definition) is 2. The molecule has 2 heterocycles. The third-order valence-electron chi connectivity index (χ3n) is 3.79. The number of likely N-dealkylation sites (tertiary alicyclic amines) is 1. The van der Waals surface area contributed by atoms with Crippen molar-refractivity contribution in [1.82, 2.24) is 9.88 Å². The Kier molecular flexibility index (Phi) is 3.21. The maximum atomic E-state index is 12.1. The van der Waals surface area contributed by atoms with Gasteiger partial charge in [-0.25, -0.2) is 4.98 Å². The monoisotopic (exact) mass is 284 g/mol. The van der Waals surface area contributed by atoms with Gasteiger partial charge in [-0.05, 0) is 36.2 Å². The third-order valence-corrected chi connectivity index (χ3v) is 3.79. The second kappa shape index (κ2) is 5.05. The Balaban J connectivity index is 1.81. The van der Waals surface area contributed by atoms with Crippen LogP contribution in [0.4, 0.5) is 5.82 Å². The number of carbonyl (C=O) groups excluding carboxylic acids is 2. The first-order valence-electron chi connectivity index (χ1n) is 6.78. The number of amides is 2. The molecule has 1 atom stereocenters. The summed E-state index contributed by atoms with van der Waals surface area (Å²) in [6.07, 6.45) is 0.500. The van der Waals surface area contributed by atoms with E-state index in [1.165, 1.54) is 0 Å². The highest BCUT2D eigenvalue weighted by Gasteiger charge is 2.35. The predicted octanol–water partition coefficient (Wildman–Crippen LogP) is 0.651. The van der Waals surface area contributed by atoms with E-state index >= 15 is 0 Å². The molecule has 0 spiro atoms. The Labute approximate surface area is 121 Å². The van der Waals surface area contributed by atoms with Gasteiger partial charge in [0.1, 0.15) is 11.7 Å². The van der Waals surface area contributed by atoms with Gasteiger partial charge in [0.2, 0.25) is 11.8 Å². The predicted molar refractivity (Wildman–Crippen MR) is 78.9 cm³/mol. The lowest BCUT2D eigenvalue weighted by Gasteiger charge is -2.16. The van der Waals surface area contributed by atoms with Gasteiger partial charge in [-0.15, -0.1) is 0 Å². The molecule has 6 heteroatoms. The molecule has 1 fully saturated rings. The number of hydrogen-bond acceptors (Lipinski definition) is 4. The molecule has 1 aliphatic heterocycles. The summed E-state index contributed by atoms with van der Waals surface area (Å²) in [5.74, 6) is -0.917. The topological polar surface area (TPSA) is 102 Å². The molecule has 1 saturated heterocycles. The third kappa shape index (κ3) is 2.52. The van der Waals surface area contributed by atoms with Gasteiger partial charge in [0.25, 0.3) is 0 Å². The smallest absolute Gasteiger partial charge is 0.235 e. The van der Waals surface area contributed by atoms with Gasteiger partial charge in [0.15, 0.2) is 0 Å². The van der Waals surface area contributed by atoms with Crippen LogP contribution in [0, 0.1) is 5.92 Å². The van der Waals surface area contributed by atoms with E-state index in [0.29, 0.717) is 25.3 Å². The van der Waals surface area contributed by atoms with E-state index in [2.05, 4.69) is 4.98 Å². The Bertz CT molecular complexity index is 729. The van der Waals surface area contributed by atoms with Crippen molar-refractivity contribution in [2.45, 2.75) is 13.0 Å². The molecule has 0 unspecified atom stereocenters. The van der Waals surface area contributed by atoms with Crippen molar-refractivity contribution in [3.05, 3.63) is 35.9 Å². The van der Waals surface area contributed by atoms with E-state index in [1.807, 2.05) is 24.3 Å². The van der Waals surface area contributed by atoms with E-state index in [0.717, 1.165) is 16.5 Å². The first kappa shape index (κ1) is 13.4. The molecule has 6 nitrogen and oxygen atoms in total. The zero-order valence-corrected chi connectivity index (χ0v) is 11.5. The van der Waals surface area contributed by atoms with Crippen LogP contribution in [0.15, 0.2) is 30.3 Å². The van der Waals surface area contributed by atoms with Crippen LogP contribution in [0.5, 0.6) is 0 Å². The van der Waals surface area contributed by atoms with E-state index in [4.69, 9.17) is 11.5 Å². The summed E-state index contributed by atoms with van der Waals surface area (Å²) in [6, 6.07) is 9.43. The van der Waals surface area contributed by atoms with Gasteiger partial charge in [-0.2, -0.15) is 0 Å². The number of nitrogen functional groups attached to an aromatic ring is 1. The molecule has 4 N–H and O–H groups in total. The maximum absolute atomic E-state index is 12.1. The van der Waals surface area contributed by atoms with Gasteiger partial charge in [0, 0.05) is 18.5 Å². The minimum Gasteiger partial charge on any atom is -0.384 e. The van der Waals surface area contributed by atoms with Gasteiger partial charge in [0.05, 0.1) is 5.52 Å². The molecular weight excluding hydrogens is 268 g/mol. The van der Waals surface area contributed by atoms with Gasteiger partial charge in [-0.1, -0.05) is 6.07 Å². The van der Waals surface area contributed by atoms with E-state index in [1.54, 1.807) is 11.0 Å². The minimum absolute atomic E-state index is 0.182. The average Bonchev–Trinajstić information content (AvgIpc) is 2.80. The van der Waals surface area contributed by atoms with E-state index < -0.39 is 11.8 Å². The van der Waals surface area contributed by atoms with Crippen molar-refractivity contribution in [1.29, 1.82) is 0 Å². The molecule has 2 amide bonds. The van der Waals surface area contributed by atoms with Gasteiger partial charge >= 0.3 is 0 Å². The fourth-order valence-corrected chi connectivity index (χ4v) is 2.67. The highest BCUT2D eigenvalue weighted by molar-refractivity contribution is 6.00. The quantitative estimate of drug-likeness (QED) is 0.808. The Morgan fingerprint density at radius 1 is 1.33 bits per heavy atom. The van der Waals surface area contributed by atoms with Gasteiger partial charge < -0.3 is 16.4 Å². The molecular formula is C15H16N4O2.